The Hall–Kier alpha value is -3.05. The van der Waals surface area contributed by atoms with E-state index in [1.165, 1.54) is 6.08 Å². The molecule has 0 fully saturated rings. The van der Waals surface area contributed by atoms with Crippen molar-refractivity contribution in [1.82, 2.24) is 0 Å². The summed E-state index contributed by atoms with van der Waals surface area (Å²) in [5.41, 5.74) is 3.07. The van der Waals surface area contributed by atoms with Crippen LogP contribution >= 0.6 is 15.9 Å². The molecule has 26 heavy (non-hydrogen) atoms. The molecule has 0 amide bonds. The van der Waals surface area contributed by atoms with Crippen LogP contribution in [0.2, 0.25) is 0 Å². The largest absolute Gasteiger partial charge is 0.362 e. The summed E-state index contributed by atoms with van der Waals surface area (Å²) in [6, 6.07) is 24.3. The van der Waals surface area contributed by atoms with Crippen molar-refractivity contribution in [2.24, 2.45) is 10.2 Å². The third kappa shape index (κ3) is 5.22. The summed E-state index contributed by atoms with van der Waals surface area (Å²) in [6.07, 6.45) is 3.14. The van der Waals surface area contributed by atoms with Gasteiger partial charge in [0, 0.05) is 28.0 Å². The molecule has 0 spiro atoms. The first kappa shape index (κ1) is 17.8. The van der Waals surface area contributed by atoms with Gasteiger partial charge in [-0.3, -0.25) is 4.79 Å². The van der Waals surface area contributed by atoms with Crippen molar-refractivity contribution < 1.29 is 4.79 Å². The molecule has 0 aliphatic heterocycles. The standard InChI is InChI=1S/C21H16BrN3O/c22-17-8-6-16(7-9-17)21(26)14-15-23-18-10-12-20(13-11-18)25-24-19-4-2-1-3-5-19/h1-15,23H/b15-14+,25-24?. The summed E-state index contributed by atoms with van der Waals surface area (Å²) in [7, 11) is 0. The number of azo groups is 1. The zero-order chi connectivity index (χ0) is 18.2. The lowest BCUT2D eigenvalue weighted by molar-refractivity contribution is 0.104. The lowest BCUT2D eigenvalue weighted by atomic mass is 10.1. The zero-order valence-electron chi connectivity index (χ0n) is 13.8. The van der Waals surface area contributed by atoms with Crippen molar-refractivity contribution in [3.63, 3.8) is 0 Å². The number of rotatable bonds is 6. The molecule has 4 nitrogen and oxygen atoms in total. The van der Waals surface area contributed by atoms with Crippen LogP contribution in [0.15, 0.2) is 106 Å². The first-order chi connectivity index (χ1) is 12.7. The Morgan fingerprint density at radius 2 is 1.42 bits per heavy atom. The van der Waals surface area contributed by atoms with Crippen LogP contribution in [0, 0.1) is 0 Å². The van der Waals surface area contributed by atoms with E-state index in [0.717, 1.165) is 21.5 Å². The quantitative estimate of drug-likeness (QED) is 0.282. The normalized spacial score (nSPS) is 11.1. The predicted molar refractivity (Wildman–Crippen MR) is 108 cm³/mol. The molecule has 0 heterocycles. The summed E-state index contributed by atoms with van der Waals surface area (Å²) in [5.74, 6) is -0.0571. The van der Waals surface area contributed by atoms with Crippen LogP contribution < -0.4 is 5.32 Å². The second-order valence-electron chi connectivity index (χ2n) is 5.43. The highest BCUT2D eigenvalue weighted by atomic mass is 79.9. The van der Waals surface area contributed by atoms with Gasteiger partial charge < -0.3 is 5.32 Å². The van der Waals surface area contributed by atoms with Gasteiger partial charge in [-0.2, -0.15) is 10.2 Å². The van der Waals surface area contributed by atoms with Gasteiger partial charge in [-0.15, -0.1) is 0 Å². The SMILES string of the molecule is O=C(/C=C/Nc1ccc(N=Nc2ccccc2)cc1)c1ccc(Br)cc1. The fraction of sp³-hybridized carbons (Fsp3) is 0. The minimum atomic E-state index is -0.0571. The molecule has 3 aromatic rings. The number of nitrogens with one attached hydrogen (secondary N) is 1. The van der Waals surface area contributed by atoms with Crippen LogP contribution in [-0.2, 0) is 0 Å². The predicted octanol–water partition coefficient (Wildman–Crippen LogP) is 6.67. The molecule has 128 valence electrons. The highest BCUT2D eigenvalue weighted by molar-refractivity contribution is 9.10. The second kappa shape index (κ2) is 8.87. The molecule has 0 saturated carbocycles. The second-order valence-corrected chi connectivity index (χ2v) is 6.35. The molecule has 3 rings (SSSR count). The van der Waals surface area contributed by atoms with Gasteiger partial charge in [0.05, 0.1) is 11.4 Å². The average Bonchev–Trinajstić information content (AvgIpc) is 2.68. The number of anilines is 1. The topological polar surface area (TPSA) is 53.8 Å². The number of hydrogen-bond acceptors (Lipinski definition) is 4. The van der Waals surface area contributed by atoms with E-state index in [4.69, 9.17) is 0 Å². The lowest BCUT2D eigenvalue weighted by Crippen LogP contribution is -1.95. The van der Waals surface area contributed by atoms with E-state index in [-0.39, 0.29) is 5.78 Å². The average molecular weight is 406 g/mol. The molecule has 0 aliphatic rings. The molecule has 0 saturated heterocycles. The van der Waals surface area contributed by atoms with Gasteiger partial charge in [-0.1, -0.05) is 34.1 Å². The molecule has 0 aliphatic carbocycles. The molecular formula is C21H16BrN3O. The Morgan fingerprint density at radius 3 is 2.08 bits per heavy atom. The molecule has 0 atom stereocenters. The van der Waals surface area contributed by atoms with E-state index in [2.05, 4.69) is 31.5 Å². The third-order valence-electron chi connectivity index (χ3n) is 3.52. The Morgan fingerprint density at radius 1 is 0.808 bits per heavy atom. The maximum Gasteiger partial charge on any atom is 0.187 e. The van der Waals surface area contributed by atoms with Crippen molar-refractivity contribution in [1.29, 1.82) is 0 Å². The van der Waals surface area contributed by atoms with Crippen molar-refractivity contribution >= 4 is 38.8 Å². The number of halogens is 1. The van der Waals surface area contributed by atoms with Crippen LogP contribution in [0.5, 0.6) is 0 Å². The smallest absolute Gasteiger partial charge is 0.187 e. The number of nitrogens with zero attached hydrogens (tertiary/aromatic N) is 2. The van der Waals surface area contributed by atoms with Crippen LogP contribution in [0.1, 0.15) is 10.4 Å². The fourth-order valence-corrected chi connectivity index (χ4v) is 2.42. The number of ketones is 1. The van der Waals surface area contributed by atoms with Crippen LogP contribution in [0.25, 0.3) is 0 Å². The number of allylic oxidation sites excluding steroid dienone is 1. The Bertz CT molecular complexity index is 918. The number of hydrogen-bond donors (Lipinski definition) is 1. The molecule has 0 aromatic heterocycles. The van der Waals surface area contributed by atoms with Gasteiger partial charge in [-0.25, -0.2) is 0 Å². The summed E-state index contributed by atoms with van der Waals surface area (Å²) in [5, 5.41) is 11.4. The molecule has 0 unspecified atom stereocenters. The maximum absolute atomic E-state index is 12.1. The van der Waals surface area contributed by atoms with Crippen LogP contribution in [-0.4, -0.2) is 5.78 Å². The van der Waals surface area contributed by atoms with Gasteiger partial charge in [0.25, 0.3) is 0 Å². The number of benzene rings is 3. The Labute approximate surface area is 160 Å². The minimum absolute atomic E-state index is 0.0571. The van der Waals surface area contributed by atoms with E-state index in [1.807, 2.05) is 66.7 Å². The molecule has 3 aromatic carbocycles. The van der Waals surface area contributed by atoms with Gasteiger partial charge in [0.1, 0.15) is 0 Å². The van der Waals surface area contributed by atoms with Crippen LogP contribution in [0.4, 0.5) is 17.1 Å². The third-order valence-corrected chi connectivity index (χ3v) is 4.05. The van der Waals surface area contributed by atoms with Gasteiger partial charge in [-0.05, 0) is 60.7 Å². The van der Waals surface area contributed by atoms with E-state index < -0.39 is 0 Å². The van der Waals surface area contributed by atoms with Crippen molar-refractivity contribution in [2.45, 2.75) is 0 Å². The highest BCUT2D eigenvalue weighted by Crippen LogP contribution is 2.20. The Kier molecular flexibility index (Phi) is 6.06. The van der Waals surface area contributed by atoms with Gasteiger partial charge in [0.15, 0.2) is 5.78 Å². The number of carbonyl (C=O) groups is 1. The van der Waals surface area contributed by atoms with Crippen molar-refractivity contribution in [3.05, 3.63) is 101 Å². The van der Waals surface area contributed by atoms with E-state index >= 15 is 0 Å². The monoisotopic (exact) mass is 405 g/mol. The lowest BCUT2D eigenvalue weighted by Gasteiger charge is -2.01. The fourth-order valence-electron chi connectivity index (χ4n) is 2.16. The zero-order valence-corrected chi connectivity index (χ0v) is 15.4. The first-order valence-corrected chi connectivity index (χ1v) is 8.80. The van der Waals surface area contributed by atoms with E-state index in [1.54, 1.807) is 18.3 Å². The number of carbonyl (C=O) groups excluding carboxylic acids is 1. The summed E-state index contributed by atoms with van der Waals surface area (Å²) < 4.78 is 0.945. The highest BCUT2D eigenvalue weighted by Gasteiger charge is 2.00. The first-order valence-electron chi connectivity index (χ1n) is 8.00. The summed E-state index contributed by atoms with van der Waals surface area (Å²) in [4.78, 5) is 12.1. The maximum atomic E-state index is 12.1. The summed E-state index contributed by atoms with van der Waals surface area (Å²) >= 11 is 3.35. The van der Waals surface area contributed by atoms with Gasteiger partial charge in [0.2, 0.25) is 0 Å². The van der Waals surface area contributed by atoms with Gasteiger partial charge >= 0.3 is 0 Å². The van der Waals surface area contributed by atoms with Crippen LogP contribution in [0.3, 0.4) is 0 Å². The minimum Gasteiger partial charge on any atom is -0.362 e. The summed E-state index contributed by atoms with van der Waals surface area (Å²) in [6.45, 7) is 0. The molecule has 0 radical (unpaired) electrons. The molecule has 1 N–H and O–H groups in total. The van der Waals surface area contributed by atoms with E-state index in [9.17, 15) is 4.79 Å². The van der Waals surface area contributed by atoms with Crippen molar-refractivity contribution in [3.8, 4) is 0 Å². The van der Waals surface area contributed by atoms with Crippen molar-refractivity contribution in [2.75, 3.05) is 5.32 Å². The van der Waals surface area contributed by atoms with E-state index in [0.29, 0.717) is 5.56 Å². The molecule has 0 bridgehead atoms. The Balaban J connectivity index is 1.56. The molecular weight excluding hydrogens is 390 g/mol. The molecule has 5 heteroatoms.